The first-order valence-corrected chi connectivity index (χ1v) is 8.52. The van der Waals surface area contributed by atoms with Crippen molar-refractivity contribution in [1.82, 2.24) is 5.32 Å². The van der Waals surface area contributed by atoms with Gasteiger partial charge in [0.15, 0.2) is 0 Å². The number of benzene rings is 2. The molecule has 5 heteroatoms. The second-order valence-electron chi connectivity index (χ2n) is 5.75. The predicted octanol–water partition coefficient (Wildman–Crippen LogP) is 3.72. The summed E-state index contributed by atoms with van der Waals surface area (Å²) in [6.07, 6.45) is 2.99. The predicted molar refractivity (Wildman–Crippen MR) is 104 cm³/mol. The number of hydrogen-bond donors (Lipinski definition) is 2. The summed E-state index contributed by atoms with van der Waals surface area (Å²) in [6, 6.07) is 15.4. The standard InChI is InChI=1S/C20H26N2O2.ClH/c1-2-3-14-24-19-10-6-16(7-11-19)12-13-22-20(23)18-8-4-17(15-21)5-9-18;/h4-11H,2-3,12-15,21H2,1H3,(H,22,23);1H. The van der Waals surface area contributed by atoms with Crippen LogP contribution in [0, 0.1) is 0 Å². The van der Waals surface area contributed by atoms with E-state index >= 15 is 0 Å². The molecule has 0 spiro atoms. The molecule has 2 aromatic carbocycles. The van der Waals surface area contributed by atoms with Gasteiger partial charge in [0.05, 0.1) is 6.61 Å². The van der Waals surface area contributed by atoms with Gasteiger partial charge >= 0.3 is 0 Å². The number of ether oxygens (including phenoxy) is 1. The number of nitrogens with one attached hydrogen (secondary N) is 1. The molecule has 0 aliphatic rings. The van der Waals surface area contributed by atoms with Crippen LogP contribution < -0.4 is 15.8 Å². The minimum atomic E-state index is -0.0573. The summed E-state index contributed by atoms with van der Waals surface area (Å²) in [7, 11) is 0. The van der Waals surface area contributed by atoms with Gasteiger partial charge in [-0.2, -0.15) is 0 Å². The van der Waals surface area contributed by atoms with E-state index in [1.54, 1.807) is 12.1 Å². The first-order chi connectivity index (χ1) is 11.7. The Bertz CT molecular complexity index is 627. The third-order valence-corrected chi connectivity index (χ3v) is 3.84. The van der Waals surface area contributed by atoms with Crippen LogP contribution in [0.4, 0.5) is 0 Å². The van der Waals surface area contributed by atoms with Gasteiger partial charge in [0.25, 0.3) is 5.91 Å². The smallest absolute Gasteiger partial charge is 0.251 e. The van der Waals surface area contributed by atoms with E-state index in [-0.39, 0.29) is 18.3 Å². The number of hydrogen-bond acceptors (Lipinski definition) is 3. The minimum Gasteiger partial charge on any atom is -0.494 e. The van der Waals surface area contributed by atoms with Gasteiger partial charge in [0.2, 0.25) is 0 Å². The highest BCUT2D eigenvalue weighted by Gasteiger charge is 2.04. The van der Waals surface area contributed by atoms with Gasteiger partial charge in [-0.15, -0.1) is 12.4 Å². The lowest BCUT2D eigenvalue weighted by atomic mass is 10.1. The zero-order valence-electron chi connectivity index (χ0n) is 14.7. The summed E-state index contributed by atoms with van der Waals surface area (Å²) < 4.78 is 5.64. The van der Waals surface area contributed by atoms with Crippen molar-refractivity contribution in [3.8, 4) is 5.75 Å². The Balaban J connectivity index is 0.00000312. The third kappa shape index (κ3) is 7.16. The van der Waals surface area contributed by atoms with Gasteiger partial charge < -0.3 is 15.8 Å². The van der Waals surface area contributed by atoms with Crippen molar-refractivity contribution in [1.29, 1.82) is 0 Å². The van der Waals surface area contributed by atoms with E-state index in [4.69, 9.17) is 10.5 Å². The summed E-state index contributed by atoms with van der Waals surface area (Å²) in [6.45, 7) is 4.00. The van der Waals surface area contributed by atoms with Crippen LogP contribution in [0.5, 0.6) is 5.75 Å². The lowest BCUT2D eigenvalue weighted by Gasteiger charge is -2.08. The van der Waals surface area contributed by atoms with E-state index in [0.717, 1.165) is 37.2 Å². The van der Waals surface area contributed by atoms with Crippen LogP contribution in [0.3, 0.4) is 0 Å². The molecule has 0 heterocycles. The largest absolute Gasteiger partial charge is 0.494 e. The quantitative estimate of drug-likeness (QED) is 0.668. The first kappa shape index (κ1) is 21.0. The van der Waals surface area contributed by atoms with Crippen LogP contribution in [-0.2, 0) is 13.0 Å². The van der Waals surface area contributed by atoms with Gasteiger partial charge in [0.1, 0.15) is 5.75 Å². The molecular weight excluding hydrogens is 336 g/mol. The van der Waals surface area contributed by atoms with E-state index in [9.17, 15) is 4.79 Å². The molecule has 0 atom stereocenters. The van der Waals surface area contributed by atoms with Gasteiger partial charge in [-0.1, -0.05) is 37.6 Å². The number of nitrogens with two attached hydrogens (primary N) is 1. The zero-order valence-corrected chi connectivity index (χ0v) is 15.5. The maximum absolute atomic E-state index is 12.1. The minimum absolute atomic E-state index is 0. The monoisotopic (exact) mass is 362 g/mol. The van der Waals surface area contributed by atoms with Gasteiger partial charge in [0, 0.05) is 18.7 Å². The molecule has 0 aliphatic carbocycles. The van der Waals surface area contributed by atoms with Crippen LogP contribution in [0.1, 0.15) is 41.3 Å². The molecule has 25 heavy (non-hydrogen) atoms. The van der Waals surface area contributed by atoms with Crippen molar-refractivity contribution in [3.63, 3.8) is 0 Å². The highest BCUT2D eigenvalue weighted by Crippen LogP contribution is 2.13. The molecule has 0 unspecified atom stereocenters. The Morgan fingerprint density at radius 1 is 1.04 bits per heavy atom. The second-order valence-corrected chi connectivity index (χ2v) is 5.75. The number of unbranched alkanes of at least 4 members (excludes halogenated alkanes) is 1. The van der Waals surface area contributed by atoms with Gasteiger partial charge in [-0.25, -0.2) is 0 Å². The van der Waals surface area contributed by atoms with Crippen molar-refractivity contribution in [2.24, 2.45) is 5.73 Å². The second kappa shape index (κ2) is 11.5. The van der Waals surface area contributed by atoms with Crippen molar-refractivity contribution in [2.45, 2.75) is 32.7 Å². The molecule has 0 saturated carbocycles. The molecule has 2 aromatic rings. The lowest BCUT2D eigenvalue weighted by molar-refractivity contribution is 0.0954. The topological polar surface area (TPSA) is 64.3 Å². The maximum Gasteiger partial charge on any atom is 0.251 e. The molecule has 0 saturated heterocycles. The molecule has 3 N–H and O–H groups in total. The summed E-state index contributed by atoms with van der Waals surface area (Å²) in [5.74, 6) is 0.842. The summed E-state index contributed by atoms with van der Waals surface area (Å²) in [5.41, 5.74) is 8.41. The van der Waals surface area contributed by atoms with E-state index < -0.39 is 0 Å². The highest BCUT2D eigenvalue weighted by atomic mass is 35.5. The number of halogens is 1. The lowest BCUT2D eigenvalue weighted by Crippen LogP contribution is -2.25. The van der Waals surface area contributed by atoms with Crippen molar-refractivity contribution in [3.05, 3.63) is 65.2 Å². The molecule has 0 bridgehead atoms. The molecule has 4 nitrogen and oxygen atoms in total. The molecule has 2 rings (SSSR count). The molecule has 0 fully saturated rings. The fraction of sp³-hybridized carbons (Fsp3) is 0.350. The van der Waals surface area contributed by atoms with E-state index in [1.807, 2.05) is 36.4 Å². The Kier molecular flexibility index (Phi) is 9.66. The summed E-state index contributed by atoms with van der Waals surface area (Å²) in [5, 5.41) is 2.94. The zero-order chi connectivity index (χ0) is 17.2. The van der Waals surface area contributed by atoms with E-state index in [2.05, 4.69) is 12.2 Å². The SMILES string of the molecule is CCCCOc1ccc(CCNC(=O)c2ccc(CN)cc2)cc1.Cl. The first-order valence-electron chi connectivity index (χ1n) is 8.52. The van der Waals surface area contributed by atoms with E-state index in [0.29, 0.717) is 18.7 Å². The third-order valence-electron chi connectivity index (χ3n) is 3.84. The number of rotatable bonds is 9. The Hall–Kier alpha value is -2.04. The average molecular weight is 363 g/mol. The van der Waals surface area contributed by atoms with Crippen molar-refractivity contribution >= 4 is 18.3 Å². The molecule has 1 amide bonds. The number of carbonyl (C=O) groups is 1. The Labute approximate surface area is 156 Å². The molecule has 0 aromatic heterocycles. The maximum atomic E-state index is 12.1. The Morgan fingerprint density at radius 2 is 1.68 bits per heavy atom. The van der Waals surface area contributed by atoms with Crippen LogP contribution in [0.15, 0.2) is 48.5 Å². The molecule has 0 radical (unpaired) electrons. The number of carbonyl (C=O) groups excluding carboxylic acids is 1. The fourth-order valence-corrected chi connectivity index (χ4v) is 2.30. The average Bonchev–Trinajstić information content (AvgIpc) is 2.63. The van der Waals surface area contributed by atoms with Crippen molar-refractivity contribution in [2.75, 3.05) is 13.2 Å². The Morgan fingerprint density at radius 3 is 2.28 bits per heavy atom. The van der Waals surface area contributed by atoms with Crippen LogP contribution in [0.2, 0.25) is 0 Å². The van der Waals surface area contributed by atoms with Gasteiger partial charge in [-0.3, -0.25) is 4.79 Å². The van der Waals surface area contributed by atoms with Crippen LogP contribution in [0.25, 0.3) is 0 Å². The normalized spacial score (nSPS) is 10.0. The van der Waals surface area contributed by atoms with Crippen LogP contribution >= 0.6 is 12.4 Å². The highest BCUT2D eigenvalue weighted by molar-refractivity contribution is 5.94. The number of amides is 1. The van der Waals surface area contributed by atoms with Gasteiger partial charge in [-0.05, 0) is 48.2 Å². The molecule has 136 valence electrons. The molecular formula is C20H27ClN2O2. The van der Waals surface area contributed by atoms with Crippen LogP contribution in [-0.4, -0.2) is 19.1 Å². The van der Waals surface area contributed by atoms with Crippen molar-refractivity contribution < 1.29 is 9.53 Å². The fourth-order valence-electron chi connectivity index (χ4n) is 2.30. The van der Waals surface area contributed by atoms with E-state index in [1.165, 1.54) is 5.56 Å². The molecule has 0 aliphatic heterocycles. The summed E-state index contributed by atoms with van der Waals surface area (Å²) in [4.78, 5) is 12.1. The summed E-state index contributed by atoms with van der Waals surface area (Å²) >= 11 is 0.